The van der Waals surface area contributed by atoms with Gasteiger partial charge in [0, 0.05) is 5.56 Å². The molecular formula is C17H23BO4. The number of benzene rings is 1. The molecule has 0 atom stereocenters. The molecule has 2 rings (SSSR count). The maximum atomic E-state index is 10.9. The highest BCUT2D eigenvalue weighted by atomic mass is 16.7. The summed E-state index contributed by atoms with van der Waals surface area (Å²) in [6.45, 7) is 9.64. The first-order valence-electron chi connectivity index (χ1n) is 7.43. The van der Waals surface area contributed by atoms with Crippen LogP contribution >= 0.6 is 0 Å². The van der Waals surface area contributed by atoms with Gasteiger partial charge in [0.15, 0.2) is 0 Å². The molecule has 1 aliphatic heterocycles. The van der Waals surface area contributed by atoms with Crippen LogP contribution in [-0.2, 0) is 9.31 Å². The highest BCUT2D eigenvalue weighted by Crippen LogP contribution is 2.38. The largest absolute Gasteiger partial charge is 0.492 e. The summed E-state index contributed by atoms with van der Waals surface area (Å²) in [6.07, 6.45) is 2.69. The highest BCUT2D eigenvalue weighted by molar-refractivity contribution is 6.55. The Morgan fingerprint density at radius 3 is 2.27 bits per heavy atom. The predicted molar refractivity (Wildman–Crippen MR) is 87.7 cm³/mol. The summed E-state index contributed by atoms with van der Waals surface area (Å²) >= 11 is 0. The van der Waals surface area contributed by atoms with Crippen molar-refractivity contribution in [3.8, 4) is 0 Å². The van der Waals surface area contributed by atoms with E-state index in [2.05, 4.69) is 0 Å². The second-order valence-electron chi connectivity index (χ2n) is 6.70. The second-order valence-corrected chi connectivity index (χ2v) is 6.70. The molecule has 0 aliphatic carbocycles. The monoisotopic (exact) mass is 302 g/mol. The molecule has 4 nitrogen and oxygen atoms in total. The molecule has 0 radical (unpaired) electrons. The van der Waals surface area contributed by atoms with Crippen molar-refractivity contribution < 1.29 is 19.2 Å². The minimum absolute atomic E-state index is 0.148. The Kier molecular flexibility index (Phi) is 4.61. The Balaban J connectivity index is 2.29. The van der Waals surface area contributed by atoms with Crippen LogP contribution in [0.5, 0.6) is 0 Å². The Labute approximate surface area is 132 Å². The third-order valence-corrected chi connectivity index (χ3v) is 4.51. The van der Waals surface area contributed by atoms with E-state index in [-0.39, 0.29) is 6.61 Å². The number of aryl methyl sites for hydroxylation is 1. The van der Waals surface area contributed by atoms with Crippen LogP contribution in [0.15, 0.2) is 23.7 Å². The Hall–Kier alpha value is -1.43. The van der Waals surface area contributed by atoms with Gasteiger partial charge < -0.3 is 14.4 Å². The topological polar surface area (TPSA) is 55.8 Å². The van der Waals surface area contributed by atoms with Gasteiger partial charge in [-0.05, 0) is 51.2 Å². The molecular weight excluding hydrogens is 279 g/mol. The number of carbonyl (C=O) groups is 1. The van der Waals surface area contributed by atoms with Crippen molar-refractivity contribution in [3.05, 3.63) is 40.4 Å². The van der Waals surface area contributed by atoms with Crippen LogP contribution in [-0.4, -0.2) is 36.3 Å². The third kappa shape index (κ3) is 3.17. The molecule has 1 aromatic rings. The van der Waals surface area contributed by atoms with Crippen molar-refractivity contribution in [2.75, 3.05) is 6.61 Å². The maximum Gasteiger partial charge on any atom is 0.492 e. The fourth-order valence-corrected chi connectivity index (χ4v) is 2.32. The van der Waals surface area contributed by atoms with Gasteiger partial charge >= 0.3 is 7.12 Å². The minimum Gasteiger partial charge on any atom is -0.400 e. The molecule has 1 saturated heterocycles. The molecule has 0 saturated carbocycles. The maximum absolute atomic E-state index is 10.9. The number of hydrogen-bond donors (Lipinski definition) is 1. The molecule has 0 bridgehead atoms. The summed E-state index contributed by atoms with van der Waals surface area (Å²) in [7, 11) is -0.568. The average Bonchev–Trinajstić information content (AvgIpc) is 2.65. The molecule has 1 fully saturated rings. The van der Waals surface area contributed by atoms with Gasteiger partial charge in [-0.15, -0.1) is 0 Å². The molecule has 1 aromatic carbocycles. The van der Waals surface area contributed by atoms with E-state index in [1.165, 1.54) is 0 Å². The van der Waals surface area contributed by atoms with E-state index >= 15 is 0 Å². The summed E-state index contributed by atoms with van der Waals surface area (Å²) in [5.41, 5.74) is 2.25. The zero-order valence-electron chi connectivity index (χ0n) is 13.8. The number of aliphatic hydroxyl groups excluding tert-OH is 1. The fraction of sp³-hybridized carbons (Fsp3) is 0.471. The van der Waals surface area contributed by atoms with Crippen LogP contribution in [0.4, 0.5) is 0 Å². The van der Waals surface area contributed by atoms with Crippen molar-refractivity contribution in [2.24, 2.45) is 0 Å². The average molecular weight is 302 g/mol. The first-order valence-corrected chi connectivity index (χ1v) is 7.43. The van der Waals surface area contributed by atoms with Gasteiger partial charge in [-0.3, -0.25) is 4.79 Å². The van der Waals surface area contributed by atoms with E-state index in [1.807, 2.05) is 52.8 Å². The molecule has 1 aliphatic rings. The summed E-state index contributed by atoms with van der Waals surface area (Å²) in [6, 6.07) is 5.52. The first kappa shape index (κ1) is 16.9. The van der Waals surface area contributed by atoms with Crippen LogP contribution in [0.3, 0.4) is 0 Å². The highest BCUT2D eigenvalue weighted by Gasteiger charge is 2.52. The second kappa shape index (κ2) is 5.99. The lowest BCUT2D eigenvalue weighted by Gasteiger charge is -2.32. The van der Waals surface area contributed by atoms with Crippen molar-refractivity contribution in [1.29, 1.82) is 0 Å². The van der Waals surface area contributed by atoms with Gasteiger partial charge in [-0.25, -0.2) is 0 Å². The van der Waals surface area contributed by atoms with E-state index in [1.54, 1.807) is 6.07 Å². The van der Waals surface area contributed by atoms with Crippen LogP contribution in [0.1, 0.15) is 49.2 Å². The van der Waals surface area contributed by atoms with Crippen LogP contribution in [0.2, 0.25) is 0 Å². The molecule has 0 aromatic heterocycles. The SMILES string of the molecule is Cc1cc(C=C(CO)B2OC(C)(C)C(C)(C)O2)ccc1C=O. The van der Waals surface area contributed by atoms with E-state index in [0.717, 1.165) is 17.4 Å². The van der Waals surface area contributed by atoms with Gasteiger partial charge in [0.1, 0.15) is 6.29 Å². The van der Waals surface area contributed by atoms with Gasteiger partial charge in [0.05, 0.1) is 17.8 Å². The van der Waals surface area contributed by atoms with Crippen molar-refractivity contribution in [1.82, 2.24) is 0 Å². The molecule has 5 heteroatoms. The summed E-state index contributed by atoms with van der Waals surface area (Å²) in [4.78, 5) is 10.9. The fourth-order valence-electron chi connectivity index (χ4n) is 2.32. The molecule has 1 N–H and O–H groups in total. The van der Waals surface area contributed by atoms with Crippen LogP contribution in [0, 0.1) is 6.92 Å². The van der Waals surface area contributed by atoms with Crippen molar-refractivity contribution in [2.45, 2.75) is 45.8 Å². The van der Waals surface area contributed by atoms with Crippen molar-refractivity contribution >= 4 is 19.5 Å². The molecule has 0 amide bonds. The first-order chi connectivity index (χ1) is 10.2. The molecule has 0 unspecified atom stereocenters. The van der Waals surface area contributed by atoms with Crippen molar-refractivity contribution in [3.63, 3.8) is 0 Å². The van der Waals surface area contributed by atoms with Crippen LogP contribution in [0.25, 0.3) is 6.08 Å². The Morgan fingerprint density at radius 2 is 1.82 bits per heavy atom. The van der Waals surface area contributed by atoms with E-state index in [0.29, 0.717) is 11.0 Å². The van der Waals surface area contributed by atoms with Gasteiger partial charge in [-0.1, -0.05) is 24.3 Å². The number of aldehydes is 1. The summed E-state index contributed by atoms with van der Waals surface area (Å²) in [5.74, 6) is 0. The summed E-state index contributed by atoms with van der Waals surface area (Å²) < 4.78 is 11.9. The third-order valence-electron chi connectivity index (χ3n) is 4.51. The van der Waals surface area contributed by atoms with Gasteiger partial charge in [0.2, 0.25) is 0 Å². The zero-order valence-corrected chi connectivity index (χ0v) is 13.8. The normalized spacial score (nSPS) is 20.3. The minimum atomic E-state index is -0.568. The quantitative estimate of drug-likeness (QED) is 0.686. The number of aliphatic hydroxyl groups is 1. The van der Waals surface area contributed by atoms with E-state index in [9.17, 15) is 9.90 Å². The number of hydrogen-bond acceptors (Lipinski definition) is 4. The van der Waals surface area contributed by atoms with Crippen LogP contribution < -0.4 is 0 Å². The lowest BCUT2D eigenvalue weighted by atomic mass is 9.77. The lowest BCUT2D eigenvalue weighted by molar-refractivity contribution is 0.00578. The molecule has 1 heterocycles. The number of rotatable bonds is 4. The molecule has 22 heavy (non-hydrogen) atoms. The molecule has 0 spiro atoms. The standard InChI is InChI=1S/C17H23BO4/c1-12-8-13(6-7-14(12)10-19)9-15(11-20)18-21-16(2,3)17(4,5)22-18/h6-10,20H,11H2,1-5H3. The van der Waals surface area contributed by atoms with E-state index < -0.39 is 18.3 Å². The Morgan fingerprint density at radius 1 is 1.23 bits per heavy atom. The molecule has 118 valence electrons. The Bertz CT molecular complexity index is 589. The predicted octanol–water partition coefficient (Wildman–Crippen LogP) is 2.81. The van der Waals surface area contributed by atoms with Gasteiger partial charge in [0.25, 0.3) is 0 Å². The summed E-state index contributed by atoms with van der Waals surface area (Å²) in [5, 5.41) is 9.67. The lowest BCUT2D eigenvalue weighted by Crippen LogP contribution is -2.41. The smallest absolute Gasteiger partial charge is 0.400 e. The zero-order chi connectivity index (χ0) is 16.5. The number of carbonyl (C=O) groups excluding carboxylic acids is 1. The van der Waals surface area contributed by atoms with Gasteiger partial charge in [-0.2, -0.15) is 0 Å². The van der Waals surface area contributed by atoms with E-state index in [4.69, 9.17) is 9.31 Å².